The second-order valence-electron chi connectivity index (χ2n) is 9.30. The predicted molar refractivity (Wildman–Crippen MR) is 129 cm³/mol. The summed E-state index contributed by atoms with van der Waals surface area (Å²) in [6.07, 6.45) is 4.30. The number of ether oxygens (including phenoxy) is 2. The summed E-state index contributed by atoms with van der Waals surface area (Å²) in [4.78, 5) is 4.76. The van der Waals surface area contributed by atoms with Crippen molar-refractivity contribution in [1.29, 1.82) is 0 Å². The van der Waals surface area contributed by atoms with Crippen molar-refractivity contribution in [3.63, 3.8) is 0 Å². The minimum absolute atomic E-state index is 0.246. The van der Waals surface area contributed by atoms with Gasteiger partial charge < -0.3 is 14.6 Å². The number of hydrogen-bond acceptors (Lipinski definition) is 5. The number of likely N-dealkylation sites (tertiary alicyclic amines) is 2. The van der Waals surface area contributed by atoms with Gasteiger partial charge >= 0.3 is 0 Å². The molecule has 2 aromatic carbocycles. The highest BCUT2D eigenvalue weighted by Crippen LogP contribution is 2.29. The molecule has 2 fully saturated rings. The fourth-order valence-corrected chi connectivity index (χ4v) is 4.81. The molecule has 2 aliphatic rings. The first-order valence-corrected chi connectivity index (χ1v) is 12.1. The van der Waals surface area contributed by atoms with Crippen molar-refractivity contribution in [2.45, 2.75) is 44.8 Å². The number of aliphatic hydroxyl groups is 1. The highest BCUT2D eigenvalue weighted by Gasteiger charge is 2.34. The summed E-state index contributed by atoms with van der Waals surface area (Å²) in [7, 11) is 0. The number of piperidine rings is 1. The van der Waals surface area contributed by atoms with Crippen LogP contribution in [0.5, 0.6) is 11.5 Å². The van der Waals surface area contributed by atoms with Gasteiger partial charge in [-0.3, -0.25) is 9.80 Å². The van der Waals surface area contributed by atoms with Crippen molar-refractivity contribution in [3.05, 3.63) is 58.6 Å². The highest BCUT2D eigenvalue weighted by molar-refractivity contribution is 6.32. The fraction of sp³-hybridized carbons (Fsp3) is 0.538. The second-order valence-corrected chi connectivity index (χ2v) is 9.71. The van der Waals surface area contributed by atoms with E-state index in [2.05, 4.69) is 34.1 Å². The molecule has 0 spiro atoms. The minimum atomic E-state index is -0.871. The normalized spacial score (nSPS) is 22.2. The number of halogens is 1. The maximum absolute atomic E-state index is 11.1. The van der Waals surface area contributed by atoms with Gasteiger partial charge in [-0.25, -0.2) is 0 Å². The molecule has 5 nitrogen and oxygen atoms in total. The zero-order valence-electron chi connectivity index (χ0n) is 19.1. The van der Waals surface area contributed by atoms with Crippen LogP contribution in [0.1, 0.15) is 36.8 Å². The van der Waals surface area contributed by atoms with E-state index in [-0.39, 0.29) is 6.61 Å². The first kappa shape index (κ1) is 23.4. The average Bonchev–Trinajstić information content (AvgIpc) is 3.29. The van der Waals surface area contributed by atoms with Crippen LogP contribution in [0.15, 0.2) is 42.5 Å². The molecule has 0 bridgehead atoms. The van der Waals surface area contributed by atoms with Crippen LogP contribution in [0.2, 0.25) is 5.02 Å². The van der Waals surface area contributed by atoms with Crippen molar-refractivity contribution < 1.29 is 14.6 Å². The van der Waals surface area contributed by atoms with Gasteiger partial charge in [-0.15, -0.1) is 0 Å². The van der Waals surface area contributed by atoms with Crippen molar-refractivity contribution in [3.8, 4) is 11.5 Å². The summed E-state index contributed by atoms with van der Waals surface area (Å²) < 4.78 is 11.8. The Labute approximate surface area is 196 Å². The van der Waals surface area contributed by atoms with Crippen LogP contribution in [0.4, 0.5) is 0 Å². The quantitative estimate of drug-likeness (QED) is 0.598. The van der Waals surface area contributed by atoms with Crippen molar-refractivity contribution >= 4 is 11.6 Å². The van der Waals surface area contributed by atoms with E-state index in [4.69, 9.17) is 21.1 Å². The summed E-state index contributed by atoms with van der Waals surface area (Å²) >= 11 is 6.24. The van der Waals surface area contributed by atoms with E-state index < -0.39 is 5.60 Å². The molecule has 2 heterocycles. The Morgan fingerprint density at radius 3 is 2.50 bits per heavy atom. The van der Waals surface area contributed by atoms with Gasteiger partial charge in [0.2, 0.25) is 0 Å². The molecule has 0 amide bonds. The Morgan fingerprint density at radius 2 is 1.72 bits per heavy atom. The lowest BCUT2D eigenvalue weighted by atomic mass is 9.93. The molecule has 1 N–H and O–H groups in total. The van der Waals surface area contributed by atoms with Gasteiger partial charge in [0.1, 0.15) is 30.3 Å². The first-order chi connectivity index (χ1) is 15.5. The monoisotopic (exact) mass is 458 g/mol. The third kappa shape index (κ3) is 6.61. The summed E-state index contributed by atoms with van der Waals surface area (Å²) in [6.45, 7) is 8.77. The van der Waals surface area contributed by atoms with E-state index in [1.54, 1.807) is 0 Å². The summed E-state index contributed by atoms with van der Waals surface area (Å²) in [5, 5.41) is 11.7. The average molecular weight is 459 g/mol. The summed E-state index contributed by atoms with van der Waals surface area (Å²) in [5.41, 5.74) is 1.44. The molecule has 2 aromatic rings. The van der Waals surface area contributed by atoms with Crippen LogP contribution in [-0.4, -0.2) is 66.4 Å². The van der Waals surface area contributed by atoms with Crippen LogP contribution in [0.3, 0.4) is 0 Å². The Morgan fingerprint density at radius 1 is 0.969 bits per heavy atom. The molecule has 2 saturated heterocycles. The Kier molecular flexibility index (Phi) is 7.95. The van der Waals surface area contributed by atoms with Crippen LogP contribution in [-0.2, 0) is 6.54 Å². The predicted octanol–water partition coefficient (Wildman–Crippen LogP) is 4.53. The molecule has 0 aromatic heterocycles. The number of rotatable bonds is 9. The van der Waals surface area contributed by atoms with Gasteiger partial charge in [0.15, 0.2) is 0 Å². The highest BCUT2D eigenvalue weighted by atomic mass is 35.5. The Bertz CT molecular complexity index is 870. The summed E-state index contributed by atoms with van der Waals surface area (Å²) in [5.74, 6) is 1.56. The van der Waals surface area contributed by atoms with E-state index in [0.717, 1.165) is 50.4 Å². The third-order valence-electron chi connectivity index (χ3n) is 6.42. The molecule has 2 aliphatic heterocycles. The van der Waals surface area contributed by atoms with E-state index in [0.29, 0.717) is 17.3 Å². The number of nitrogens with zero attached hydrogens (tertiary/aromatic N) is 2. The van der Waals surface area contributed by atoms with Gasteiger partial charge in [-0.05, 0) is 87.6 Å². The molecule has 174 valence electrons. The van der Waals surface area contributed by atoms with Gasteiger partial charge in [0, 0.05) is 19.6 Å². The molecule has 0 unspecified atom stereocenters. The second kappa shape index (κ2) is 10.9. The molecule has 4 rings (SSSR count). The molecule has 0 radical (unpaired) electrons. The minimum Gasteiger partial charge on any atom is -0.492 e. The standard InChI is InChI=1S/C26H35ClN2O3/c1-21-5-10-24(27)25(17-21)32-20-26(30)11-4-14-29(19-26)18-22-6-8-23(9-7-22)31-16-15-28-12-2-3-13-28/h5-10,17,30H,2-4,11-16,18-20H2,1H3/t26-/m1/s1. The number of hydrogen-bond donors (Lipinski definition) is 1. The van der Waals surface area contributed by atoms with E-state index in [9.17, 15) is 5.11 Å². The molecule has 6 heteroatoms. The van der Waals surface area contributed by atoms with E-state index in [1.807, 2.05) is 25.1 Å². The molecular formula is C26H35ClN2O3. The van der Waals surface area contributed by atoms with Crippen molar-refractivity contribution in [1.82, 2.24) is 9.80 Å². The van der Waals surface area contributed by atoms with E-state index >= 15 is 0 Å². The first-order valence-electron chi connectivity index (χ1n) is 11.8. The SMILES string of the molecule is Cc1ccc(Cl)c(OC[C@@]2(O)CCCN(Cc3ccc(OCCN4CCCC4)cc3)C2)c1. The maximum Gasteiger partial charge on any atom is 0.138 e. The topological polar surface area (TPSA) is 45.2 Å². The third-order valence-corrected chi connectivity index (χ3v) is 6.73. The molecular weight excluding hydrogens is 424 g/mol. The molecule has 1 atom stereocenters. The largest absolute Gasteiger partial charge is 0.492 e. The van der Waals surface area contributed by atoms with Crippen LogP contribution >= 0.6 is 11.6 Å². The number of benzene rings is 2. The molecule has 32 heavy (non-hydrogen) atoms. The maximum atomic E-state index is 11.1. The van der Waals surface area contributed by atoms with Crippen LogP contribution in [0.25, 0.3) is 0 Å². The van der Waals surface area contributed by atoms with Gasteiger partial charge in [0.25, 0.3) is 0 Å². The molecule has 0 aliphatic carbocycles. The van der Waals surface area contributed by atoms with Crippen LogP contribution < -0.4 is 9.47 Å². The Hall–Kier alpha value is -1.79. The molecule has 0 saturated carbocycles. The van der Waals surface area contributed by atoms with Crippen LogP contribution in [0, 0.1) is 6.92 Å². The number of aryl methyl sites for hydroxylation is 1. The van der Waals surface area contributed by atoms with Crippen molar-refractivity contribution in [2.24, 2.45) is 0 Å². The zero-order chi connectivity index (χ0) is 22.4. The van der Waals surface area contributed by atoms with Gasteiger partial charge in [0.05, 0.1) is 5.02 Å². The zero-order valence-corrected chi connectivity index (χ0v) is 19.8. The fourth-order valence-electron chi connectivity index (χ4n) is 4.64. The van der Waals surface area contributed by atoms with Gasteiger partial charge in [-0.1, -0.05) is 29.8 Å². The lowest BCUT2D eigenvalue weighted by molar-refractivity contribution is -0.0620. The van der Waals surface area contributed by atoms with E-state index in [1.165, 1.54) is 31.5 Å². The van der Waals surface area contributed by atoms with Crippen molar-refractivity contribution in [2.75, 3.05) is 45.9 Å². The lowest BCUT2D eigenvalue weighted by Gasteiger charge is -2.39. The Balaban J connectivity index is 1.25. The summed E-state index contributed by atoms with van der Waals surface area (Å²) in [6, 6.07) is 14.1. The smallest absolute Gasteiger partial charge is 0.138 e. The number of β-amino-alcohol motifs (C(OH)–C–C–N with tert-alkyl or cyclic N) is 1. The van der Waals surface area contributed by atoms with Gasteiger partial charge in [-0.2, -0.15) is 0 Å². The lowest BCUT2D eigenvalue weighted by Crippen LogP contribution is -2.51.